The molecule has 0 amide bonds. The van der Waals surface area contributed by atoms with Crippen molar-refractivity contribution in [3.05, 3.63) is 23.5 Å². The fourth-order valence-corrected chi connectivity index (χ4v) is 2.97. The Labute approximate surface area is 133 Å². The highest BCUT2D eigenvalue weighted by Gasteiger charge is 2.39. The predicted molar refractivity (Wildman–Crippen MR) is 88.7 cm³/mol. The van der Waals surface area contributed by atoms with Crippen LogP contribution < -0.4 is 4.74 Å². The molecule has 0 saturated heterocycles. The predicted octanol–water partition coefficient (Wildman–Crippen LogP) is 4.15. The molecule has 1 heterocycles. The Hall–Kier alpha value is -0.623. The van der Waals surface area contributed by atoms with Crippen LogP contribution in [-0.4, -0.2) is 39.7 Å². The minimum Gasteiger partial charge on any atom is -0.489 e. The first-order valence-corrected chi connectivity index (χ1v) is 10.4. The monoisotopic (exact) mass is 331 g/mol. The van der Waals surface area contributed by atoms with Crippen LogP contribution in [0.25, 0.3) is 0 Å². The van der Waals surface area contributed by atoms with Gasteiger partial charge in [-0.3, -0.25) is 0 Å². The van der Waals surface area contributed by atoms with Crippen molar-refractivity contribution in [1.82, 2.24) is 4.98 Å². The van der Waals surface area contributed by atoms with Crippen LogP contribution in [-0.2, 0) is 9.16 Å². The van der Waals surface area contributed by atoms with Gasteiger partial charge in [0, 0.05) is 7.11 Å². The molecule has 0 radical (unpaired) electrons. The summed E-state index contributed by atoms with van der Waals surface area (Å²) in [7, 11) is -0.177. The molecule has 1 aromatic rings. The second-order valence-electron chi connectivity index (χ2n) is 6.58. The highest BCUT2D eigenvalue weighted by molar-refractivity contribution is 6.74. The number of hydrogen-bond acceptors (Lipinski definition) is 4. The molecule has 6 heteroatoms. The summed E-state index contributed by atoms with van der Waals surface area (Å²) in [6.45, 7) is 12.0. The molecule has 0 aliphatic carbocycles. The SMILES string of the molecule is COC[C@@H](COc1ccc(Cl)nc1)O[Si](C)(C)C(C)(C)C. The van der Waals surface area contributed by atoms with Gasteiger partial charge >= 0.3 is 0 Å². The van der Waals surface area contributed by atoms with E-state index < -0.39 is 8.32 Å². The molecule has 0 aromatic carbocycles. The number of rotatable bonds is 7. The fourth-order valence-electron chi connectivity index (χ4n) is 1.53. The van der Waals surface area contributed by atoms with Gasteiger partial charge in [-0.25, -0.2) is 4.98 Å². The molecule has 21 heavy (non-hydrogen) atoms. The third-order valence-electron chi connectivity index (χ3n) is 3.76. The van der Waals surface area contributed by atoms with Gasteiger partial charge in [0.05, 0.1) is 12.8 Å². The lowest BCUT2D eigenvalue weighted by atomic mass is 10.2. The van der Waals surface area contributed by atoms with Crippen molar-refractivity contribution in [2.24, 2.45) is 0 Å². The summed E-state index contributed by atoms with van der Waals surface area (Å²) in [5.74, 6) is 0.680. The molecule has 0 bridgehead atoms. The first-order chi connectivity index (χ1) is 9.65. The van der Waals surface area contributed by atoms with Gasteiger partial charge in [-0.1, -0.05) is 32.4 Å². The Morgan fingerprint density at radius 2 is 1.90 bits per heavy atom. The average Bonchev–Trinajstić information content (AvgIpc) is 2.36. The van der Waals surface area contributed by atoms with Gasteiger partial charge < -0.3 is 13.9 Å². The molecule has 4 nitrogen and oxygen atoms in total. The Bertz CT molecular complexity index is 432. The summed E-state index contributed by atoms with van der Waals surface area (Å²) < 4.78 is 17.3. The number of hydrogen-bond donors (Lipinski definition) is 0. The number of ether oxygens (including phenoxy) is 2. The Balaban J connectivity index is 2.63. The topological polar surface area (TPSA) is 40.6 Å². The lowest BCUT2D eigenvalue weighted by Gasteiger charge is -2.39. The zero-order valence-corrected chi connectivity index (χ0v) is 15.5. The summed E-state index contributed by atoms with van der Waals surface area (Å²) in [6, 6.07) is 3.50. The van der Waals surface area contributed by atoms with Gasteiger partial charge in [0.2, 0.25) is 0 Å². The maximum atomic E-state index is 6.33. The minimum atomic E-state index is -1.85. The molecule has 0 aliphatic rings. The van der Waals surface area contributed by atoms with Crippen LogP contribution in [0.4, 0.5) is 0 Å². The van der Waals surface area contributed by atoms with Gasteiger partial charge in [0.1, 0.15) is 23.6 Å². The molecule has 120 valence electrons. The molecule has 1 atom stereocenters. The lowest BCUT2D eigenvalue weighted by Crippen LogP contribution is -2.46. The van der Waals surface area contributed by atoms with Gasteiger partial charge in [-0.2, -0.15) is 0 Å². The second kappa shape index (κ2) is 7.58. The molecular weight excluding hydrogens is 306 g/mol. The molecule has 0 unspecified atom stereocenters. The van der Waals surface area contributed by atoms with Crippen LogP contribution in [0, 0.1) is 0 Å². The van der Waals surface area contributed by atoms with Crippen molar-refractivity contribution >= 4 is 19.9 Å². The van der Waals surface area contributed by atoms with Crippen molar-refractivity contribution in [1.29, 1.82) is 0 Å². The van der Waals surface area contributed by atoms with Gasteiger partial charge in [0.25, 0.3) is 0 Å². The maximum Gasteiger partial charge on any atom is 0.192 e. The van der Waals surface area contributed by atoms with Crippen LogP contribution in [0.3, 0.4) is 0 Å². The quantitative estimate of drug-likeness (QED) is 0.556. The van der Waals surface area contributed by atoms with Crippen LogP contribution in [0.1, 0.15) is 20.8 Å². The Morgan fingerprint density at radius 3 is 2.38 bits per heavy atom. The van der Waals surface area contributed by atoms with Crippen molar-refractivity contribution in [3.63, 3.8) is 0 Å². The molecule has 1 rings (SSSR count). The van der Waals surface area contributed by atoms with E-state index in [2.05, 4.69) is 38.8 Å². The lowest BCUT2D eigenvalue weighted by molar-refractivity contribution is 0.0397. The van der Waals surface area contributed by atoms with Crippen LogP contribution in [0.2, 0.25) is 23.3 Å². The maximum absolute atomic E-state index is 6.33. The van der Waals surface area contributed by atoms with E-state index in [0.717, 1.165) is 0 Å². The van der Waals surface area contributed by atoms with Crippen LogP contribution in [0.5, 0.6) is 5.75 Å². The van der Waals surface area contributed by atoms with E-state index in [4.69, 9.17) is 25.5 Å². The van der Waals surface area contributed by atoms with E-state index in [1.165, 1.54) is 0 Å². The molecule has 0 saturated carbocycles. The van der Waals surface area contributed by atoms with Crippen molar-refractivity contribution in [2.75, 3.05) is 20.3 Å². The zero-order valence-electron chi connectivity index (χ0n) is 13.8. The standard InChI is InChI=1S/C15H26ClNO3Si/c1-15(2,3)21(5,6)20-13(10-18-4)11-19-12-7-8-14(16)17-9-12/h7-9,13H,10-11H2,1-6H3/t13-/m0/s1. The molecule has 0 spiro atoms. The Morgan fingerprint density at radius 1 is 1.24 bits per heavy atom. The first-order valence-electron chi connectivity index (χ1n) is 7.07. The largest absolute Gasteiger partial charge is 0.489 e. The summed E-state index contributed by atoms with van der Waals surface area (Å²) in [6.07, 6.45) is 1.52. The third-order valence-corrected chi connectivity index (χ3v) is 8.51. The minimum absolute atomic E-state index is 0.0911. The van der Waals surface area contributed by atoms with E-state index in [9.17, 15) is 0 Å². The van der Waals surface area contributed by atoms with Gasteiger partial charge in [-0.15, -0.1) is 0 Å². The van der Waals surface area contributed by atoms with Crippen molar-refractivity contribution in [2.45, 2.75) is 45.0 Å². The number of nitrogens with zero attached hydrogens (tertiary/aromatic N) is 1. The summed E-state index contributed by atoms with van der Waals surface area (Å²) in [4.78, 5) is 3.99. The highest BCUT2D eigenvalue weighted by atomic mass is 35.5. The van der Waals surface area contributed by atoms with E-state index >= 15 is 0 Å². The van der Waals surface area contributed by atoms with Crippen LogP contribution >= 0.6 is 11.6 Å². The average molecular weight is 332 g/mol. The number of methoxy groups -OCH3 is 1. The number of pyridine rings is 1. The normalized spacial score (nSPS) is 14.0. The summed E-state index contributed by atoms with van der Waals surface area (Å²) >= 11 is 5.76. The van der Waals surface area contributed by atoms with E-state index in [-0.39, 0.29) is 11.1 Å². The van der Waals surface area contributed by atoms with E-state index in [1.54, 1.807) is 25.4 Å². The molecule has 0 fully saturated rings. The van der Waals surface area contributed by atoms with E-state index in [1.807, 2.05) is 0 Å². The third kappa shape index (κ3) is 5.94. The summed E-state index contributed by atoms with van der Waals surface area (Å²) in [5.41, 5.74) is 0. The molecular formula is C15H26ClNO3Si. The van der Waals surface area contributed by atoms with Crippen molar-refractivity contribution in [3.8, 4) is 5.75 Å². The van der Waals surface area contributed by atoms with E-state index in [0.29, 0.717) is 24.1 Å². The second-order valence-corrected chi connectivity index (χ2v) is 11.7. The molecule has 0 aliphatic heterocycles. The molecule has 1 aromatic heterocycles. The highest BCUT2D eigenvalue weighted by Crippen LogP contribution is 2.37. The van der Waals surface area contributed by atoms with Gasteiger partial charge in [-0.05, 0) is 30.3 Å². The Kier molecular flexibility index (Phi) is 6.65. The first kappa shape index (κ1) is 18.4. The van der Waals surface area contributed by atoms with Crippen molar-refractivity contribution < 1.29 is 13.9 Å². The molecule has 0 N–H and O–H groups in total. The summed E-state index contributed by atoms with van der Waals surface area (Å²) in [5, 5.41) is 0.606. The smallest absolute Gasteiger partial charge is 0.192 e. The zero-order chi connectivity index (χ0) is 16.1. The number of halogens is 1. The fraction of sp³-hybridized carbons (Fsp3) is 0.667. The van der Waals surface area contributed by atoms with Gasteiger partial charge in [0.15, 0.2) is 8.32 Å². The van der Waals surface area contributed by atoms with Crippen LogP contribution in [0.15, 0.2) is 18.3 Å². The number of aromatic nitrogens is 1.